The molecule has 7 aromatic rings. The zero-order chi connectivity index (χ0) is 25.8. The first-order valence-corrected chi connectivity index (χ1v) is 13.8. The number of aromatic nitrogens is 2. The van der Waals surface area contributed by atoms with Crippen LogP contribution < -0.4 is 0 Å². The third kappa shape index (κ3) is 2.78. The summed E-state index contributed by atoms with van der Waals surface area (Å²) in [4.78, 5) is 3.87. The number of H-pyrrole nitrogens is 1. The molecule has 8 rings (SSSR count). The van der Waals surface area contributed by atoms with Gasteiger partial charge >= 0.3 is 0 Å². The van der Waals surface area contributed by atoms with E-state index in [1.807, 2.05) is 0 Å². The number of aromatic amines is 1. The van der Waals surface area contributed by atoms with Gasteiger partial charge in [-0.1, -0.05) is 88.4 Å². The molecule has 1 N–H and O–H groups in total. The third-order valence-corrected chi connectivity index (χ3v) is 9.36. The van der Waals surface area contributed by atoms with Gasteiger partial charge in [0.15, 0.2) is 0 Å². The Balaban J connectivity index is 1.71. The summed E-state index contributed by atoms with van der Waals surface area (Å²) < 4.78 is 2.52. The van der Waals surface area contributed by atoms with E-state index < -0.39 is 0 Å². The van der Waals surface area contributed by atoms with Crippen LogP contribution in [0.1, 0.15) is 51.7 Å². The summed E-state index contributed by atoms with van der Waals surface area (Å²) in [5.74, 6) is 0. The highest BCUT2D eigenvalue weighted by Crippen LogP contribution is 2.50. The van der Waals surface area contributed by atoms with Crippen LogP contribution >= 0.6 is 0 Å². The highest BCUT2D eigenvalue weighted by Gasteiger charge is 2.38. The predicted octanol–water partition coefficient (Wildman–Crippen LogP) is 9.92. The van der Waals surface area contributed by atoms with Crippen molar-refractivity contribution in [1.29, 1.82) is 0 Å². The van der Waals surface area contributed by atoms with Crippen molar-refractivity contribution >= 4 is 54.4 Å². The van der Waals surface area contributed by atoms with Gasteiger partial charge in [0.2, 0.25) is 0 Å². The molecule has 2 nitrogen and oxygen atoms in total. The summed E-state index contributed by atoms with van der Waals surface area (Å²) in [5.41, 5.74) is 9.49. The molecular weight excluding hydrogens is 460 g/mol. The van der Waals surface area contributed by atoms with Gasteiger partial charge < -0.3 is 9.55 Å². The maximum absolute atomic E-state index is 3.87. The lowest BCUT2D eigenvalue weighted by Gasteiger charge is -2.42. The van der Waals surface area contributed by atoms with E-state index in [1.54, 1.807) is 0 Å². The molecular formula is C36H32N2. The van der Waals surface area contributed by atoms with Crippen molar-refractivity contribution in [3.63, 3.8) is 0 Å². The second-order valence-electron chi connectivity index (χ2n) is 12.5. The van der Waals surface area contributed by atoms with Crippen molar-refractivity contribution in [3.05, 3.63) is 102 Å². The molecule has 2 heteroatoms. The summed E-state index contributed by atoms with van der Waals surface area (Å²) in [6.45, 7) is 9.70. The van der Waals surface area contributed by atoms with E-state index in [-0.39, 0.29) is 10.8 Å². The monoisotopic (exact) mass is 492 g/mol. The van der Waals surface area contributed by atoms with Gasteiger partial charge in [0.05, 0.1) is 16.6 Å². The second-order valence-corrected chi connectivity index (χ2v) is 12.5. The fourth-order valence-electron chi connectivity index (χ4n) is 7.22. The first kappa shape index (κ1) is 22.0. The SMILES string of the molecule is CC1(C)CCC(C)(C)c2cc3c(cc21)c1c2ccccc2c2c4ccccc4[nH]c2c1n3-c1ccccc1. The number of rotatable bonds is 1. The summed E-state index contributed by atoms with van der Waals surface area (Å²) in [5, 5.41) is 7.94. The quantitative estimate of drug-likeness (QED) is 0.235. The van der Waals surface area contributed by atoms with Crippen LogP contribution in [0.4, 0.5) is 0 Å². The van der Waals surface area contributed by atoms with E-state index >= 15 is 0 Å². The molecule has 0 spiro atoms. The van der Waals surface area contributed by atoms with Crippen molar-refractivity contribution in [2.24, 2.45) is 0 Å². The van der Waals surface area contributed by atoms with Crippen LogP contribution in [0.15, 0.2) is 91.0 Å². The van der Waals surface area contributed by atoms with E-state index in [0.717, 1.165) is 0 Å². The summed E-state index contributed by atoms with van der Waals surface area (Å²) in [6, 6.07) is 33.7. The molecule has 1 aliphatic carbocycles. The van der Waals surface area contributed by atoms with Crippen molar-refractivity contribution in [2.75, 3.05) is 0 Å². The summed E-state index contributed by atoms with van der Waals surface area (Å²) in [7, 11) is 0. The molecule has 0 saturated heterocycles. The van der Waals surface area contributed by atoms with Gasteiger partial charge in [0.25, 0.3) is 0 Å². The lowest BCUT2D eigenvalue weighted by molar-refractivity contribution is 0.332. The number of hydrogen-bond acceptors (Lipinski definition) is 0. The highest BCUT2D eigenvalue weighted by molar-refractivity contribution is 6.35. The summed E-state index contributed by atoms with van der Waals surface area (Å²) >= 11 is 0. The van der Waals surface area contributed by atoms with E-state index in [4.69, 9.17) is 0 Å². The van der Waals surface area contributed by atoms with Gasteiger partial charge in [-0.2, -0.15) is 0 Å². The largest absolute Gasteiger partial charge is 0.353 e. The number of nitrogens with zero attached hydrogens (tertiary/aromatic N) is 1. The van der Waals surface area contributed by atoms with Crippen molar-refractivity contribution in [1.82, 2.24) is 9.55 Å². The van der Waals surface area contributed by atoms with E-state index in [0.29, 0.717) is 0 Å². The standard InChI is InChI=1S/C36H32N2/c1-35(2)18-19-36(3,4)28-21-30-26(20-27(28)35)32-24-15-9-8-14-23(24)31-25-16-10-11-17-29(25)37-33(31)34(32)38(30)22-12-6-5-7-13-22/h5-17,20-21,37H,18-19H2,1-4H3. The first-order valence-electron chi connectivity index (χ1n) is 13.8. The molecule has 2 heterocycles. The fourth-order valence-corrected chi connectivity index (χ4v) is 7.22. The Kier molecular flexibility index (Phi) is 4.22. The van der Waals surface area contributed by atoms with E-state index in [2.05, 4.69) is 128 Å². The maximum Gasteiger partial charge on any atom is 0.0789 e. The highest BCUT2D eigenvalue weighted by atomic mass is 15.0. The van der Waals surface area contributed by atoms with Crippen molar-refractivity contribution < 1.29 is 0 Å². The van der Waals surface area contributed by atoms with Crippen LogP contribution in [0.25, 0.3) is 60.1 Å². The number of hydrogen-bond donors (Lipinski definition) is 1. The van der Waals surface area contributed by atoms with Gasteiger partial charge in [0, 0.05) is 32.7 Å². The number of fused-ring (bicyclic) bond motifs is 11. The van der Waals surface area contributed by atoms with Crippen LogP contribution in [-0.4, -0.2) is 9.55 Å². The molecule has 2 aromatic heterocycles. The van der Waals surface area contributed by atoms with Crippen LogP contribution in [0.5, 0.6) is 0 Å². The zero-order valence-electron chi connectivity index (χ0n) is 22.5. The minimum atomic E-state index is 0.148. The maximum atomic E-state index is 3.87. The van der Waals surface area contributed by atoms with Gasteiger partial charge in [-0.15, -0.1) is 0 Å². The Morgan fingerprint density at radius 2 is 1.18 bits per heavy atom. The van der Waals surface area contributed by atoms with E-state index in [1.165, 1.54) is 84.0 Å². The lowest BCUT2D eigenvalue weighted by Crippen LogP contribution is -2.33. The Morgan fingerprint density at radius 1 is 0.605 bits per heavy atom. The Hall–Kier alpha value is -4.04. The Bertz CT molecular complexity index is 2070. The molecule has 0 atom stereocenters. The van der Waals surface area contributed by atoms with Crippen LogP contribution in [0, 0.1) is 0 Å². The summed E-state index contributed by atoms with van der Waals surface area (Å²) in [6.07, 6.45) is 2.42. The van der Waals surface area contributed by atoms with Gasteiger partial charge in [-0.05, 0) is 75.9 Å². The third-order valence-electron chi connectivity index (χ3n) is 9.36. The normalized spacial score (nSPS) is 16.6. The number of benzene rings is 5. The topological polar surface area (TPSA) is 20.7 Å². The second kappa shape index (κ2) is 7.29. The minimum absolute atomic E-state index is 0.148. The zero-order valence-corrected chi connectivity index (χ0v) is 22.5. The molecule has 0 fully saturated rings. The molecule has 0 radical (unpaired) electrons. The molecule has 0 unspecified atom stereocenters. The molecule has 1 aliphatic rings. The molecule has 0 bridgehead atoms. The smallest absolute Gasteiger partial charge is 0.0789 e. The number of para-hydroxylation sites is 2. The average Bonchev–Trinajstić information content (AvgIpc) is 3.48. The van der Waals surface area contributed by atoms with Crippen molar-refractivity contribution in [3.8, 4) is 5.69 Å². The molecule has 0 aliphatic heterocycles. The number of nitrogens with one attached hydrogen (secondary N) is 1. The fraction of sp³-hybridized carbons (Fsp3) is 0.222. The molecule has 38 heavy (non-hydrogen) atoms. The van der Waals surface area contributed by atoms with E-state index in [9.17, 15) is 0 Å². The molecule has 5 aromatic carbocycles. The first-order chi connectivity index (χ1) is 18.4. The average molecular weight is 493 g/mol. The predicted molar refractivity (Wildman–Crippen MR) is 163 cm³/mol. The molecule has 0 amide bonds. The minimum Gasteiger partial charge on any atom is -0.353 e. The van der Waals surface area contributed by atoms with Crippen LogP contribution in [0.2, 0.25) is 0 Å². The van der Waals surface area contributed by atoms with Crippen molar-refractivity contribution in [2.45, 2.75) is 51.4 Å². The van der Waals surface area contributed by atoms with Gasteiger partial charge in [0.1, 0.15) is 0 Å². The Labute approximate surface area is 222 Å². The van der Waals surface area contributed by atoms with Crippen LogP contribution in [-0.2, 0) is 10.8 Å². The van der Waals surface area contributed by atoms with Crippen LogP contribution in [0.3, 0.4) is 0 Å². The van der Waals surface area contributed by atoms with Gasteiger partial charge in [-0.25, -0.2) is 0 Å². The lowest BCUT2D eigenvalue weighted by atomic mass is 9.63. The van der Waals surface area contributed by atoms with Gasteiger partial charge in [-0.3, -0.25) is 0 Å². The Morgan fingerprint density at radius 3 is 1.89 bits per heavy atom. The molecule has 0 saturated carbocycles. The molecule has 186 valence electrons.